The number of methoxy groups -OCH3 is 2. The highest BCUT2D eigenvalue weighted by molar-refractivity contribution is 5.80. The minimum Gasteiger partial charge on any atom is -0.497 e. The molecule has 1 N–H and O–H groups in total. The Labute approximate surface area is 150 Å². The van der Waals surface area contributed by atoms with E-state index in [1.54, 1.807) is 14.2 Å². The molecule has 1 unspecified atom stereocenters. The highest BCUT2D eigenvalue weighted by Crippen LogP contribution is 2.25. The second-order valence-corrected chi connectivity index (χ2v) is 6.44. The molecule has 2 rings (SSSR count). The fourth-order valence-corrected chi connectivity index (χ4v) is 3.01. The number of hydrogen-bond donors (Lipinski definition) is 1. The van der Waals surface area contributed by atoms with Crippen LogP contribution in [0.3, 0.4) is 0 Å². The summed E-state index contributed by atoms with van der Waals surface area (Å²) in [6, 6.07) is 9.74. The molecule has 0 heterocycles. The molecule has 2 aromatic carbocycles. The van der Waals surface area contributed by atoms with E-state index in [1.165, 1.54) is 16.7 Å². The number of aryl methyl sites for hydroxylation is 3. The number of ether oxygens (including phenoxy) is 2. The normalized spacial score (nSPS) is 11.8. The van der Waals surface area contributed by atoms with Gasteiger partial charge in [0.2, 0.25) is 5.91 Å². The third kappa shape index (κ3) is 4.53. The lowest BCUT2D eigenvalue weighted by molar-refractivity contribution is -0.121. The summed E-state index contributed by atoms with van der Waals surface area (Å²) in [6.07, 6.45) is 0.245. The van der Waals surface area contributed by atoms with Crippen molar-refractivity contribution >= 4 is 5.91 Å². The number of rotatable bonds is 6. The van der Waals surface area contributed by atoms with Crippen LogP contribution in [0, 0.1) is 20.8 Å². The average molecular weight is 341 g/mol. The SMILES string of the molecule is COc1ccc(OC)c(CC(=O)NC(C)c2cc(C)c(C)cc2C)c1. The predicted molar refractivity (Wildman–Crippen MR) is 100 cm³/mol. The third-order valence-electron chi connectivity index (χ3n) is 4.56. The van der Waals surface area contributed by atoms with Gasteiger partial charge in [-0.05, 0) is 68.1 Å². The lowest BCUT2D eigenvalue weighted by Crippen LogP contribution is -2.28. The van der Waals surface area contributed by atoms with Gasteiger partial charge in [-0.25, -0.2) is 0 Å². The van der Waals surface area contributed by atoms with Gasteiger partial charge in [0.25, 0.3) is 0 Å². The van der Waals surface area contributed by atoms with Crippen LogP contribution in [0.1, 0.15) is 40.8 Å². The lowest BCUT2D eigenvalue weighted by Gasteiger charge is -2.19. The third-order valence-corrected chi connectivity index (χ3v) is 4.56. The van der Waals surface area contributed by atoms with Crippen molar-refractivity contribution in [3.63, 3.8) is 0 Å². The molecule has 0 spiro atoms. The molecule has 134 valence electrons. The first-order chi connectivity index (χ1) is 11.8. The van der Waals surface area contributed by atoms with Crippen molar-refractivity contribution in [2.45, 2.75) is 40.2 Å². The molecular weight excluding hydrogens is 314 g/mol. The van der Waals surface area contributed by atoms with Gasteiger partial charge in [-0.1, -0.05) is 12.1 Å². The Balaban J connectivity index is 2.14. The lowest BCUT2D eigenvalue weighted by atomic mass is 9.96. The van der Waals surface area contributed by atoms with Crippen LogP contribution >= 0.6 is 0 Å². The van der Waals surface area contributed by atoms with E-state index in [9.17, 15) is 4.79 Å². The van der Waals surface area contributed by atoms with Gasteiger partial charge in [-0.2, -0.15) is 0 Å². The summed E-state index contributed by atoms with van der Waals surface area (Å²) in [5.74, 6) is 1.35. The zero-order valence-electron chi connectivity index (χ0n) is 15.9. The standard InChI is InChI=1S/C21H27NO3/c1-13-9-15(3)19(10-14(13)2)16(4)22-21(23)12-17-11-18(24-5)7-8-20(17)25-6/h7-11,16H,12H2,1-6H3,(H,22,23). The Kier molecular flexibility index (Phi) is 6.07. The molecule has 0 fully saturated rings. The van der Waals surface area contributed by atoms with Crippen molar-refractivity contribution < 1.29 is 14.3 Å². The maximum absolute atomic E-state index is 12.5. The summed E-state index contributed by atoms with van der Waals surface area (Å²) in [6.45, 7) is 8.28. The fourth-order valence-electron chi connectivity index (χ4n) is 3.01. The summed E-state index contributed by atoms with van der Waals surface area (Å²) < 4.78 is 10.6. The zero-order valence-corrected chi connectivity index (χ0v) is 15.9. The largest absolute Gasteiger partial charge is 0.497 e. The molecule has 0 bridgehead atoms. The van der Waals surface area contributed by atoms with Crippen LogP contribution in [-0.2, 0) is 11.2 Å². The molecular formula is C21H27NO3. The van der Waals surface area contributed by atoms with Gasteiger partial charge in [0, 0.05) is 5.56 Å². The molecule has 0 aromatic heterocycles. The number of benzene rings is 2. The predicted octanol–water partition coefficient (Wildman–Crippen LogP) is 4.05. The number of nitrogens with one attached hydrogen (secondary N) is 1. The van der Waals surface area contributed by atoms with Crippen LogP contribution in [0.15, 0.2) is 30.3 Å². The number of carbonyl (C=O) groups is 1. The van der Waals surface area contributed by atoms with Crippen molar-refractivity contribution in [2.24, 2.45) is 0 Å². The van der Waals surface area contributed by atoms with Crippen molar-refractivity contribution in [2.75, 3.05) is 14.2 Å². The molecule has 1 amide bonds. The van der Waals surface area contributed by atoms with E-state index in [4.69, 9.17) is 9.47 Å². The minimum absolute atomic E-state index is 0.0447. The number of amides is 1. The highest BCUT2D eigenvalue weighted by Gasteiger charge is 2.15. The zero-order chi connectivity index (χ0) is 18.6. The van der Waals surface area contributed by atoms with Crippen LogP contribution < -0.4 is 14.8 Å². The van der Waals surface area contributed by atoms with Gasteiger partial charge in [0.05, 0.1) is 26.7 Å². The average Bonchev–Trinajstić information content (AvgIpc) is 2.57. The number of carbonyl (C=O) groups excluding carboxylic acids is 1. The molecule has 1 atom stereocenters. The Morgan fingerprint density at radius 2 is 1.68 bits per heavy atom. The van der Waals surface area contributed by atoms with Gasteiger partial charge in [0.15, 0.2) is 0 Å². The van der Waals surface area contributed by atoms with Crippen molar-refractivity contribution in [1.82, 2.24) is 5.32 Å². The molecule has 4 nitrogen and oxygen atoms in total. The summed E-state index contributed by atoms with van der Waals surface area (Å²) in [5.41, 5.74) is 5.64. The highest BCUT2D eigenvalue weighted by atomic mass is 16.5. The first-order valence-corrected chi connectivity index (χ1v) is 8.43. The number of hydrogen-bond acceptors (Lipinski definition) is 3. The van der Waals surface area contributed by atoms with Crippen molar-refractivity contribution in [3.05, 3.63) is 58.1 Å². The first kappa shape index (κ1) is 18.8. The van der Waals surface area contributed by atoms with Crippen LogP contribution in [0.4, 0.5) is 0 Å². The Morgan fingerprint density at radius 1 is 1.00 bits per heavy atom. The van der Waals surface area contributed by atoms with Gasteiger partial charge < -0.3 is 14.8 Å². The van der Waals surface area contributed by atoms with E-state index in [-0.39, 0.29) is 18.4 Å². The Morgan fingerprint density at radius 3 is 2.32 bits per heavy atom. The van der Waals surface area contributed by atoms with E-state index in [0.717, 1.165) is 11.1 Å². The van der Waals surface area contributed by atoms with Crippen LogP contribution in [0.25, 0.3) is 0 Å². The molecule has 0 aliphatic heterocycles. The second kappa shape index (κ2) is 8.06. The van der Waals surface area contributed by atoms with E-state index in [2.05, 4.69) is 38.2 Å². The molecule has 0 aliphatic rings. The fraction of sp³-hybridized carbons (Fsp3) is 0.381. The van der Waals surface area contributed by atoms with Crippen molar-refractivity contribution in [3.8, 4) is 11.5 Å². The molecule has 0 radical (unpaired) electrons. The summed E-state index contributed by atoms with van der Waals surface area (Å²) in [4.78, 5) is 12.5. The molecule has 2 aromatic rings. The smallest absolute Gasteiger partial charge is 0.225 e. The summed E-state index contributed by atoms with van der Waals surface area (Å²) in [7, 11) is 3.21. The van der Waals surface area contributed by atoms with Gasteiger partial charge in [-0.15, -0.1) is 0 Å². The van der Waals surface area contributed by atoms with Crippen LogP contribution in [0.2, 0.25) is 0 Å². The van der Waals surface area contributed by atoms with E-state index < -0.39 is 0 Å². The van der Waals surface area contributed by atoms with E-state index >= 15 is 0 Å². The quantitative estimate of drug-likeness (QED) is 0.862. The van der Waals surface area contributed by atoms with Gasteiger partial charge in [-0.3, -0.25) is 4.79 Å². The van der Waals surface area contributed by atoms with E-state index in [0.29, 0.717) is 11.5 Å². The van der Waals surface area contributed by atoms with Gasteiger partial charge in [0.1, 0.15) is 11.5 Å². The van der Waals surface area contributed by atoms with E-state index in [1.807, 2.05) is 25.1 Å². The topological polar surface area (TPSA) is 47.6 Å². The maximum Gasteiger partial charge on any atom is 0.225 e. The van der Waals surface area contributed by atoms with Crippen molar-refractivity contribution in [1.29, 1.82) is 0 Å². The Bertz CT molecular complexity index is 768. The second-order valence-electron chi connectivity index (χ2n) is 6.44. The monoisotopic (exact) mass is 341 g/mol. The van der Waals surface area contributed by atoms with Gasteiger partial charge >= 0.3 is 0 Å². The first-order valence-electron chi connectivity index (χ1n) is 8.43. The molecule has 0 saturated carbocycles. The molecule has 0 saturated heterocycles. The van der Waals surface area contributed by atoms with Crippen LogP contribution in [-0.4, -0.2) is 20.1 Å². The van der Waals surface area contributed by atoms with Crippen LogP contribution in [0.5, 0.6) is 11.5 Å². The minimum atomic E-state index is -0.0524. The summed E-state index contributed by atoms with van der Waals surface area (Å²) >= 11 is 0. The molecule has 4 heteroatoms. The summed E-state index contributed by atoms with van der Waals surface area (Å²) in [5, 5.41) is 3.09. The molecule has 25 heavy (non-hydrogen) atoms. The molecule has 0 aliphatic carbocycles. The maximum atomic E-state index is 12.5. The Hall–Kier alpha value is -2.49.